The van der Waals surface area contributed by atoms with Gasteiger partial charge in [-0.25, -0.2) is 0 Å². The van der Waals surface area contributed by atoms with Crippen LogP contribution in [0.15, 0.2) is 60.7 Å². The first-order valence-corrected chi connectivity index (χ1v) is 14.3. The molecule has 36 heavy (non-hydrogen) atoms. The Labute approximate surface area is 218 Å². The second-order valence-electron chi connectivity index (χ2n) is 9.97. The molecule has 4 nitrogen and oxygen atoms in total. The van der Waals surface area contributed by atoms with Gasteiger partial charge in [0.15, 0.2) is 0 Å². The summed E-state index contributed by atoms with van der Waals surface area (Å²) in [6, 6.07) is 21.6. The molecule has 3 aromatic carbocycles. The summed E-state index contributed by atoms with van der Waals surface area (Å²) in [7, 11) is 0. The van der Waals surface area contributed by atoms with Crippen LogP contribution in [0.1, 0.15) is 47.9 Å². The van der Waals surface area contributed by atoms with E-state index in [-0.39, 0.29) is 6.42 Å². The van der Waals surface area contributed by atoms with Gasteiger partial charge >= 0.3 is 5.97 Å². The highest BCUT2D eigenvalue weighted by atomic mass is 32.2. The largest absolute Gasteiger partial charge is 0.493 e. The quantitative estimate of drug-likeness (QED) is 0.331. The average molecular weight is 502 g/mol. The predicted octanol–water partition coefficient (Wildman–Crippen LogP) is 6.99. The lowest BCUT2D eigenvalue weighted by atomic mass is 9.94. The molecule has 1 heterocycles. The summed E-state index contributed by atoms with van der Waals surface area (Å²) < 4.78 is 6.24. The van der Waals surface area contributed by atoms with Crippen molar-refractivity contribution in [1.29, 1.82) is 0 Å². The molecule has 2 N–H and O–H groups in total. The van der Waals surface area contributed by atoms with Crippen molar-refractivity contribution in [1.82, 2.24) is 0 Å². The fraction of sp³-hybridized carbons (Fsp3) is 0.387. The van der Waals surface area contributed by atoms with Crippen LogP contribution in [0.3, 0.4) is 0 Å². The Kier molecular flexibility index (Phi) is 8.17. The van der Waals surface area contributed by atoms with Gasteiger partial charge in [-0.3, -0.25) is 4.79 Å². The smallest absolute Gasteiger partial charge is 0.303 e. The van der Waals surface area contributed by atoms with E-state index in [2.05, 4.69) is 53.5 Å². The lowest BCUT2D eigenvalue weighted by Crippen LogP contribution is -2.17. The van der Waals surface area contributed by atoms with E-state index in [9.17, 15) is 4.79 Å². The Morgan fingerprint density at radius 2 is 1.69 bits per heavy atom. The van der Waals surface area contributed by atoms with E-state index in [4.69, 9.17) is 9.84 Å². The van der Waals surface area contributed by atoms with Gasteiger partial charge < -0.3 is 15.2 Å². The Morgan fingerprint density at radius 1 is 0.917 bits per heavy atom. The van der Waals surface area contributed by atoms with Crippen molar-refractivity contribution >= 4 is 23.4 Å². The van der Waals surface area contributed by atoms with E-state index >= 15 is 0 Å². The lowest BCUT2D eigenvalue weighted by molar-refractivity contribution is -0.136. The van der Waals surface area contributed by atoms with Crippen LogP contribution in [-0.2, 0) is 30.6 Å². The first-order chi connectivity index (χ1) is 17.6. The average Bonchev–Trinajstić information content (AvgIpc) is 3.09. The number of carboxylic acids is 1. The van der Waals surface area contributed by atoms with Crippen LogP contribution >= 0.6 is 11.8 Å². The first kappa shape index (κ1) is 24.8. The van der Waals surface area contributed by atoms with Crippen LogP contribution in [0.4, 0.5) is 5.69 Å². The van der Waals surface area contributed by atoms with E-state index in [1.54, 1.807) is 0 Å². The SMILES string of the molecule is O=C(O)CCc1ccc(NCc2ccc3c(c2)-c2ccc(OCC4CCSCC4)cc2CCC3)cc1. The number of carbonyl (C=O) groups is 1. The van der Waals surface area contributed by atoms with Gasteiger partial charge in [-0.2, -0.15) is 11.8 Å². The van der Waals surface area contributed by atoms with Crippen LogP contribution < -0.4 is 10.1 Å². The topological polar surface area (TPSA) is 58.6 Å². The summed E-state index contributed by atoms with van der Waals surface area (Å²) in [5, 5.41) is 12.4. The Hall–Kier alpha value is -2.92. The van der Waals surface area contributed by atoms with Crippen molar-refractivity contribution in [2.24, 2.45) is 5.92 Å². The molecule has 1 aliphatic carbocycles. The fourth-order valence-corrected chi connectivity index (χ4v) is 6.38. The monoisotopic (exact) mass is 501 g/mol. The number of hydrogen-bond acceptors (Lipinski definition) is 4. The lowest BCUT2D eigenvalue weighted by Gasteiger charge is -2.22. The van der Waals surface area contributed by atoms with Crippen LogP contribution in [0.2, 0.25) is 0 Å². The summed E-state index contributed by atoms with van der Waals surface area (Å²) in [6.45, 7) is 1.59. The van der Waals surface area contributed by atoms with Crippen molar-refractivity contribution < 1.29 is 14.6 Å². The number of anilines is 1. The van der Waals surface area contributed by atoms with Gasteiger partial charge in [-0.05, 0) is 120 Å². The summed E-state index contributed by atoms with van der Waals surface area (Å²) in [5.41, 5.74) is 8.86. The minimum absolute atomic E-state index is 0.163. The Balaban J connectivity index is 1.25. The third kappa shape index (κ3) is 6.44. The molecule has 0 aromatic heterocycles. The number of hydrogen-bond donors (Lipinski definition) is 2. The van der Waals surface area contributed by atoms with Gasteiger partial charge in [0.05, 0.1) is 6.61 Å². The molecule has 5 rings (SSSR count). The van der Waals surface area contributed by atoms with Crippen LogP contribution in [0.25, 0.3) is 11.1 Å². The van der Waals surface area contributed by atoms with Gasteiger partial charge in [0.25, 0.3) is 0 Å². The van der Waals surface area contributed by atoms with Crippen molar-refractivity contribution in [3.8, 4) is 16.9 Å². The third-order valence-electron chi connectivity index (χ3n) is 7.34. The summed E-state index contributed by atoms with van der Waals surface area (Å²) >= 11 is 2.06. The second kappa shape index (κ2) is 11.9. The van der Waals surface area contributed by atoms with Crippen LogP contribution in [0, 0.1) is 5.92 Å². The molecule has 0 atom stereocenters. The maximum atomic E-state index is 10.8. The maximum absolute atomic E-state index is 10.8. The van der Waals surface area contributed by atoms with Crippen LogP contribution in [-0.4, -0.2) is 29.2 Å². The highest BCUT2D eigenvalue weighted by Gasteiger charge is 2.18. The molecule has 5 heteroatoms. The molecule has 0 amide bonds. The molecule has 1 saturated heterocycles. The molecule has 188 valence electrons. The second-order valence-corrected chi connectivity index (χ2v) is 11.2. The van der Waals surface area contributed by atoms with Crippen molar-refractivity contribution in [3.63, 3.8) is 0 Å². The zero-order valence-corrected chi connectivity index (χ0v) is 21.6. The van der Waals surface area contributed by atoms with E-state index in [1.807, 2.05) is 24.3 Å². The van der Waals surface area contributed by atoms with Crippen molar-refractivity contribution in [3.05, 3.63) is 82.9 Å². The predicted molar refractivity (Wildman–Crippen MR) is 149 cm³/mol. The number of rotatable bonds is 9. The number of aryl methyl sites for hydroxylation is 3. The van der Waals surface area contributed by atoms with E-state index in [1.165, 1.54) is 52.2 Å². The molecular weight excluding hydrogens is 466 g/mol. The van der Waals surface area contributed by atoms with Gasteiger partial charge in [0.2, 0.25) is 0 Å². The molecule has 0 bridgehead atoms. The standard InChI is InChI=1S/C31H35NO3S/c33-31(34)13-7-22-5-9-27(10-6-22)32-20-24-4-8-25-2-1-3-26-19-28(11-12-29(26)30(25)18-24)35-21-23-14-16-36-17-15-23/h4-6,8-12,18-19,23,32H,1-3,7,13-17,20-21H2,(H,33,34). The summed E-state index contributed by atoms with van der Waals surface area (Å²) in [5.74, 6) is 3.49. The molecule has 0 spiro atoms. The van der Waals surface area contributed by atoms with Crippen molar-refractivity contribution in [2.75, 3.05) is 23.4 Å². The molecule has 1 aliphatic heterocycles. The molecule has 3 aromatic rings. The molecular formula is C31H35NO3S. The number of thioether (sulfide) groups is 1. The van der Waals surface area contributed by atoms with Crippen molar-refractivity contribution in [2.45, 2.75) is 51.5 Å². The Bertz CT molecular complexity index is 1180. The molecule has 0 unspecified atom stereocenters. The van der Waals surface area contributed by atoms with Gasteiger partial charge in [-0.15, -0.1) is 0 Å². The number of benzene rings is 3. The van der Waals surface area contributed by atoms with Gasteiger partial charge in [-0.1, -0.05) is 30.3 Å². The molecule has 0 radical (unpaired) electrons. The number of aliphatic carboxylic acids is 1. The number of fused-ring (bicyclic) bond motifs is 3. The maximum Gasteiger partial charge on any atom is 0.303 e. The van der Waals surface area contributed by atoms with Crippen LogP contribution in [0.5, 0.6) is 5.75 Å². The zero-order chi connectivity index (χ0) is 24.7. The normalized spacial score (nSPS) is 15.4. The number of ether oxygens (including phenoxy) is 1. The molecule has 2 aliphatic rings. The first-order valence-electron chi connectivity index (χ1n) is 13.1. The third-order valence-corrected chi connectivity index (χ3v) is 8.39. The highest BCUT2D eigenvalue weighted by molar-refractivity contribution is 7.99. The zero-order valence-electron chi connectivity index (χ0n) is 20.8. The highest BCUT2D eigenvalue weighted by Crippen LogP contribution is 2.36. The van der Waals surface area contributed by atoms with Gasteiger partial charge in [0.1, 0.15) is 5.75 Å². The fourth-order valence-electron chi connectivity index (χ4n) is 5.17. The number of carboxylic acid groups (broad SMARTS) is 1. The van der Waals surface area contributed by atoms with E-state index < -0.39 is 5.97 Å². The minimum Gasteiger partial charge on any atom is -0.493 e. The summed E-state index contributed by atoms with van der Waals surface area (Å²) in [4.78, 5) is 10.8. The Morgan fingerprint density at radius 3 is 2.50 bits per heavy atom. The molecule has 1 fully saturated rings. The minimum atomic E-state index is -0.760. The van der Waals surface area contributed by atoms with Gasteiger partial charge in [0, 0.05) is 18.7 Å². The number of nitrogens with one attached hydrogen (secondary N) is 1. The summed E-state index contributed by atoms with van der Waals surface area (Å²) in [6.07, 6.45) is 6.62. The van der Waals surface area contributed by atoms with E-state index in [0.717, 1.165) is 49.4 Å². The molecule has 0 saturated carbocycles. The van der Waals surface area contributed by atoms with E-state index in [0.29, 0.717) is 12.3 Å².